The summed E-state index contributed by atoms with van der Waals surface area (Å²) in [6, 6.07) is 0. The summed E-state index contributed by atoms with van der Waals surface area (Å²) in [5.41, 5.74) is 0.339. The number of methoxy groups -OCH3 is 1. The molecule has 0 aromatic carbocycles. The Balaban J connectivity index is 3.66. The third kappa shape index (κ3) is 6.17. The van der Waals surface area contributed by atoms with Crippen molar-refractivity contribution in [2.45, 2.75) is 26.7 Å². The van der Waals surface area contributed by atoms with Gasteiger partial charge in [-0.1, -0.05) is 32.1 Å². The lowest BCUT2D eigenvalue weighted by atomic mass is 9.86. The largest absolute Gasteiger partial charge is 0.381 e. The summed E-state index contributed by atoms with van der Waals surface area (Å²) in [5.74, 6) is 0. The summed E-state index contributed by atoms with van der Waals surface area (Å²) < 4.78 is 4.91. The molecule has 0 unspecified atom stereocenters. The second kappa shape index (κ2) is 6.01. The zero-order chi connectivity index (χ0) is 9.45. The van der Waals surface area contributed by atoms with Crippen LogP contribution in [0.1, 0.15) is 26.7 Å². The Hall–Kier alpha value is -0.560. The molecule has 1 nitrogen and oxygen atoms in total. The van der Waals surface area contributed by atoms with Crippen molar-refractivity contribution < 1.29 is 4.74 Å². The second-order valence-electron chi connectivity index (χ2n) is 3.79. The minimum atomic E-state index is 0.339. The van der Waals surface area contributed by atoms with E-state index >= 15 is 0 Å². The number of rotatable bonds is 6. The summed E-state index contributed by atoms with van der Waals surface area (Å²) in [4.78, 5) is 0. The van der Waals surface area contributed by atoms with Crippen LogP contribution in [0.25, 0.3) is 0 Å². The molecule has 0 amide bonds. The van der Waals surface area contributed by atoms with E-state index in [1.807, 2.05) is 6.08 Å². The van der Waals surface area contributed by atoms with Crippen LogP contribution < -0.4 is 0 Å². The van der Waals surface area contributed by atoms with Crippen molar-refractivity contribution in [3.05, 3.63) is 24.8 Å². The average molecular weight is 168 g/mol. The van der Waals surface area contributed by atoms with E-state index in [0.717, 1.165) is 12.8 Å². The minimum Gasteiger partial charge on any atom is -0.381 e. The molecule has 0 saturated carbocycles. The predicted molar refractivity (Wildman–Crippen MR) is 54.2 cm³/mol. The second-order valence-corrected chi connectivity index (χ2v) is 3.79. The maximum absolute atomic E-state index is 4.91. The van der Waals surface area contributed by atoms with Crippen molar-refractivity contribution in [2.24, 2.45) is 5.41 Å². The van der Waals surface area contributed by atoms with Crippen molar-refractivity contribution in [2.75, 3.05) is 13.7 Å². The van der Waals surface area contributed by atoms with Gasteiger partial charge in [0.25, 0.3) is 0 Å². The van der Waals surface area contributed by atoms with Crippen LogP contribution >= 0.6 is 0 Å². The van der Waals surface area contributed by atoms with Crippen molar-refractivity contribution in [3.8, 4) is 0 Å². The van der Waals surface area contributed by atoms with Crippen molar-refractivity contribution >= 4 is 0 Å². The first kappa shape index (κ1) is 11.4. The molecule has 0 saturated heterocycles. The molecule has 0 heterocycles. The van der Waals surface area contributed by atoms with Gasteiger partial charge in [-0.2, -0.15) is 0 Å². The summed E-state index contributed by atoms with van der Waals surface area (Å²) in [6.07, 6.45) is 8.36. The van der Waals surface area contributed by atoms with E-state index in [2.05, 4.69) is 32.6 Å². The molecule has 0 aromatic heterocycles. The number of hydrogen-bond donors (Lipinski definition) is 0. The number of ether oxygens (including phenoxy) is 1. The quantitative estimate of drug-likeness (QED) is 0.553. The van der Waals surface area contributed by atoms with E-state index in [0.29, 0.717) is 12.0 Å². The van der Waals surface area contributed by atoms with Crippen molar-refractivity contribution in [3.63, 3.8) is 0 Å². The smallest absolute Gasteiger partial charge is 0.0643 e. The van der Waals surface area contributed by atoms with Gasteiger partial charge in [-0.05, 0) is 18.3 Å². The van der Waals surface area contributed by atoms with Crippen LogP contribution in [0.2, 0.25) is 0 Å². The Morgan fingerprint density at radius 2 is 1.92 bits per heavy atom. The summed E-state index contributed by atoms with van der Waals surface area (Å²) in [5, 5.41) is 0. The van der Waals surface area contributed by atoms with Crippen LogP contribution in [0, 0.1) is 5.41 Å². The Labute approximate surface area is 76.1 Å². The SMILES string of the molecule is C=CCC(C)(C)C/C=C/COC. The van der Waals surface area contributed by atoms with Gasteiger partial charge in [0.1, 0.15) is 0 Å². The highest BCUT2D eigenvalue weighted by Gasteiger charge is 2.12. The lowest BCUT2D eigenvalue weighted by Crippen LogP contribution is -2.07. The molecule has 0 aliphatic carbocycles. The molecule has 0 radical (unpaired) electrons. The van der Waals surface area contributed by atoms with Crippen molar-refractivity contribution in [1.82, 2.24) is 0 Å². The van der Waals surface area contributed by atoms with Gasteiger partial charge in [-0.3, -0.25) is 0 Å². The zero-order valence-electron chi connectivity index (χ0n) is 8.47. The highest BCUT2D eigenvalue weighted by Crippen LogP contribution is 2.25. The van der Waals surface area contributed by atoms with E-state index < -0.39 is 0 Å². The van der Waals surface area contributed by atoms with E-state index in [-0.39, 0.29) is 0 Å². The number of hydrogen-bond acceptors (Lipinski definition) is 1. The molecule has 0 rings (SSSR count). The van der Waals surface area contributed by atoms with Gasteiger partial charge >= 0.3 is 0 Å². The molecular formula is C11H20O. The average Bonchev–Trinajstić information content (AvgIpc) is 1.98. The molecule has 0 aliphatic rings. The summed E-state index contributed by atoms with van der Waals surface area (Å²) in [7, 11) is 1.71. The summed E-state index contributed by atoms with van der Waals surface area (Å²) in [6.45, 7) is 8.94. The van der Waals surface area contributed by atoms with Gasteiger partial charge in [-0.15, -0.1) is 6.58 Å². The molecule has 0 bridgehead atoms. The lowest BCUT2D eigenvalue weighted by Gasteiger charge is -2.20. The lowest BCUT2D eigenvalue weighted by molar-refractivity contribution is 0.233. The Kier molecular flexibility index (Phi) is 5.73. The molecule has 70 valence electrons. The van der Waals surface area contributed by atoms with Gasteiger partial charge in [0, 0.05) is 7.11 Å². The fourth-order valence-electron chi connectivity index (χ4n) is 1.04. The molecule has 0 fully saturated rings. The third-order valence-corrected chi connectivity index (χ3v) is 1.80. The van der Waals surface area contributed by atoms with Gasteiger partial charge in [0.15, 0.2) is 0 Å². The fourth-order valence-corrected chi connectivity index (χ4v) is 1.04. The Bertz CT molecular complexity index is 145. The van der Waals surface area contributed by atoms with E-state index in [1.165, 1.54) is 0 Å². The molecule has 0 aliphatic heterocycles. The van der Waals surface area contributed by atoms with Crippen LogP contribution in [0.3, 0.4) is 0 Å². The van der Waals surface area contributed by atoms with Gasteiger partial charge in [0.05, 0.1) is 6.61 Å². The van der Waals surface area contributed by atoms with E-state index in [9.17, 15) is 0 Å². The molecule has 1 heteroatoms. The van der Waals surface area contributed by atoms with Gasteiger partial charge in [0.2, 0.25) is 0 Å². The first-order valence-electron chi connectivity index (χ1n) is 4.37. The Morgan fingerprint density at radius 3 is 2.42 bits per heavy atom. The van der Waals surface area contributed by atoms with Gasteiger partial charge in [-0.25, -0.2) is 0 Å². The number of allylic oxidation sites excluding steroid dienone is 2. The van der Waals surface area contributed by atoms with E-state index in [1.54, 1.807) is 7.11 Å². The molecular weight excluding hydrogens is 148 g/mol. The molecule has 0 N–H and O–H groups in total. The maximum atomic E-state index is 4.91. The van der Waals surface area contributed by atoms with Crippen LogP contribution in [-0.2, 0) is 4.74 Å². The highest BCUT2D eigenvalue weighted by molar-refractivity contribution is 4.90. The first-order chi connectivity index (χ1) is 5.62. The molecule has 0 spiro atoms. The van der Waals surface area contributed by atoms with Crippen LogP contribution in [0.15, 0.2) is 24.8 Å². The van der Waals surface area contributed by atoms with Crippen LogP contribution in [0.5, 0.6) is 0 Å². The van der Waals surface area contributed by atoms with Crippen LogP contribution in [0.4, 0.5) is 0 Å². The van der Waals surface area contributed by atoms with Gasteiger partial charge < -0.3 is 4.74 Å². The summed E-state index contributed by atoms with van der Waals surface area (Å²) >= 11 is 0. The normalized spacial score (nSPS) is 12.2. The monoisotopic (exact) mass is 168 g/mol. The minimum absolute atomic E-state index is 0.339. The molecule has 0 atom stereocenters. The Morgan fingerprint density at radius 1 is 1.25 bits per heavy atom. The fraction of sp³-hybridized carbons (Fsp3) is 0.636. The van der Waals surface area contributed by atoms with Crippen LogP contribution in [-0.4, -0.2) is 13.7 Å². The zero-order valence-corrected chi connectivity index (χ0v) is 8.47. The maximum Gasteiger partial charge on any atom is 0.0643 e. The van der Waals surface area contributed by atoms with E-state index in [4.69, 9.17) is 4.74 Å². The molecule has 12 heavy (non-hydrogen) atoms. The predicted octanol–water partition coefficient (Wildman–Crippen LogP) is 3.18. The molecule has 0 aromatic rings. The topological polar surface area (TPSA) is 9.23 Å². The first-order valence-corrected chi connectivity index (χ1v) is 4.37. The third-order valence-electron chi connectivity index (χ3n) is 1.80. The highest BCUT2D eigenvalue weighted by atomic mass is 16.5. The standard InChI is InChI=1S/C11H20O/c1-5-8-11(2,3)9-6-7-10-12-4/h5-7H,1,8-10H2,2-4H3/b7-6+. The van der Waals surface area contributed by atoms with Crippen molar-refractivity contribution in [1.29, 1.82) is 0 Å².